The van der Waals surface area contributed by atoms with Crippen LogP contribution in [0, 0.1) is 0 Å². The zero-order chi connectivity index (χ0) is 11.3. The van der Waals surface area contributed by atoms with Crippen molar-refractivity contribution in [2.75, 3.05) is 18.6 Å². The molecule has 0 aliphatic rings. The molecule has 0 saturated heterocycles. The summed E-state index contributed by atoms with van der Waals surface area (Å²) in [4.78, 5) is 20.4. The molecule has 0 aromatic carbocycles. The van der Waals surface area contributed by atoms with E-state index in [1.54, 1.807) is 0 Å². The van der Waals surface area contributed by atoms with Crippen molar-refractivity contribution < 1.29 is 9.79 Å². The van der Waals surface area contributed by atoms with Crippen LogP contribution in [0.1, 0.15) is 27.7 Å². The summed E-state index contributed by atoms with van der Waals surface area (Å²) in [5.41, 5.74) is 0. The van der Waals surface area contributed by atoms with Gasteiger partial charge in [-0.15, -0.1) is 0 Å². The molecule has 14 heavy (non-hydrogen) atoms. The lowest BCUT2D eigenvalue weighted by atomic mass is 10.2. The summed E-state index contributed by atoms with van der Waals surface area (Å²) in [5, 5.41) is 0. The molecule has 5 heteroatoms. The summed E-state index contributed by atoms with van der Waals surface area (Å²) in [6, 6.07) is 1.05. The van der Waals surface area contributed by atoms with Gasteiger partial charge in [-0.25, -0.2) is 0 Å². The minimum absolute atomic E-state index is 0.241. The van der Waals surface area contributed by atoms with Gasteiger partial charge in [0, 0.05) is 40.7 Å². The highest BCUT2D eigenvalue weighted by Crippen LogP contribution is 2.15. The SMILES string of the molecule is CC(C)N(CCS(C)=[P+](O)O)C(C)C. The second-order valence-corrected chi connectivity index (χ2v) is 8.95. The van der Waals surface area contributed by atoms with Crippen molar-refractivity contribution in [3.63, 3.8) is 0 Å². The molecule has 0 amide bonds. The first kappa shape index (κ1) is 14.5. The van der Waals surface area contributed by atoms with Gasteiger partial charge in [0.1, 0.15) is 0 Å². The fraction of sp³-hybridized carbons (Fsp3) is 1.00. The molecule has 1 atom stereocenters. The average Bonchev–Trinajstić information content (AvgIpc) is 2.02. The molecule has 0 spiro atoms. The van der Waals surface area contributed by atoms with Crippen molar-refractivity contribution in [3.8, 4) is 0 Å². The largest absolute Gasteiger partial charge is 0.458 e. The van der Waals surface area contributed by atoms with Crippen molar-refractivity contribution >= 4 is 17.2 Å². The van der Waals surface area contributed by atoms with Crippen LogP contribution in [0.25, 0.3) is 0 Å². The van der Waals surface area contributed by atoms with Crippen molar-refractivity contribution in [1.29, 1.82) is 0 Å². The fourth-order valence-electron chi connectivity index (χ4n) is 1.43. The minimum atomic E-state index is -1.73. The highest BCUT2D eigenvalue weighted by atomic mass is 32.5. The lowest BCUT2D eigenvalue weighted by Crippen LogP contribution is -2.39. The van der Waals surface area contributed by atoms with E-state index in [4.69, 9.17) is 9.79 Å². The van der Waals surface area contributed by atoms with Crippen LogP contribution in [0.2, 0.25) is 0 Å². The zero-order valence-corrected chi connectivity index (χ0v) is 11.5. The normalized spacial score (nSPS) is 14.1. The Labute approximate surface area is 90.7 Å². The zero-order valence-electron chi connectivity index (χ0n) is 9.77. The van der Waals surface area contributed by atoms with Gasteiger partial charge in [-0.05, 0) is 27.7 Å². The molecule has 0 aromatic rings. The Morgan fingerprint density at radius 2 is 1.57 bits per heavy atom. The molecule has 0 aromatic heterocycles. The van der Waals surface area contributed by atoms with Crippen LogP contribution in [0.4, 0.5) is 0 Å². The lowest BCUT2D eigenvalue weighted by molar-refractivity contribution is 0.187. The van der Waals surface area contributed by atoms with Gasteiger partial charge in [-0.2, -0.15) is 9.79 Å². The number of hydrogen-bond donors (Lipinski definition) is 2. The fourth-order valence-corrected chi connectivity index (χ4v) is 2.81. The van der Waals surface area contributed by atoms with Gasteiger partial charge >= 0.3 is 7.15 Å². The van der Waals surface area contributed by atoms with E-state index in [0.29, 0.717) is 12.1 Å². The Bertz CT molecular complexity index is 195. The first-order chi connectivity index (χ1) is 6.36. The summed E-state index contributed by atoms with van der Waals surface area (Å²) in [7, 11) is -1.97. The van der Waals surface area contributed by atoms with Crippen LogP contribution in [-0.4, -0.2) is 45.3 Å². The van der Waals surface area contributed by atoms with Crippen LogP contribution in [-0.2, 0) is 10.1 Å². The summed E-state index contributed by atoms with van der Waals surface area (Å²) >= 11 is 0. The molecule has 0 fully saturated rings. The quantitative estimate of drug-likeness (QED) is 0.717. The average molecular weight is 240 g/mol. The second-order valence-electron chi connectivity index (χ2n) is 3.98. The van der Waals surface area contributed by atoms with E-state index in [-0.39, 0.29) is 10.1 Å². The van der Waals surface area contributed by atoms with Crippen LogP contribution >= 0.6 is 7.15 Å². The molecule has 1 unspecified atom stereocenters. The number of hydrogen-bond acceptors (Lipinski definition) is 1. The van der Waals surface area contributed by atoms with E-state index in [9.17, 15) is 0 Å². The number of rotatable bonds is 5. The molecule has 0 heterocycles. The van der Waals surface area contributed by atoms with Gasteiger partial charge in [0.2, 0.25) is 0 Å². The summed E-state index contributed by atoms with van der Waals surface area (Å²) < 4.78 is 0. The highest BCUT2D eigenvalue weighted by molar-refractivity contribution is 8.22. The van der Waals surface area contributed by atoms with Gasteiger partial charge in [0.15, 0.2) is 0 Å². The first-order valence-electron chi connectivity index (χ1n) is 4.92. The maximum Gasteiger partial charge on any atom is 0.458 e. The maximum atomic E-state index is 9.03. The monoisotopic (exact) mass is 240 g/mol. The van der Waals surface area contributed by atoms with Crippen LogP contribution < -0.4 is 0 Å². The predicted octanol–water partition coefficient (Wildman–Crippen LogP) is 1.56. The molecule has 86 valence electrons. The Morgan fingerprint density at radius 1 is 1.14 bits per heavy atom. The third-order valence-electron chi connectivity index (χ3n) is 2.25. The van der Waals surface area contributed by atoms with E-state index < -0.39 is 7.15 Å². The van der Waals surface area contributed by atoms with Crippen LogP contribution in [0.15, 0.2) is 0 Å². The molecule has 2 N–H and O–H groups in total. The summed E-state index contributed by atoms with van der Waals surface area (Å²) in [6.07, 6.45) is 1.92. The molecule has 0 bridgehead atoms. The molecule has 0 saturated carbocycles. The highest BCUT2D eigenvalue weighted by Gasteiger charge is 2.15. The topological polar surface area (TPSA) is 43.7 Å². The molecular formula is C9H23NO2PS+. The molecular weight excluding hydrogens is 217 g/mol. The second kappa shape index (κ2) is 6.91. The van der Waals surface area contributed by atoms with Gasteiger partial charge in [-0.3, -0.25) is 4.90 Å². The van der Waals surface area contributed by atoms with E-state index in [1.165, 1.54) is 0 Å². The Morgan fingerprint density at radius 3 is 1.86 bits per heavy atom. The molecule has 3 nitrogen and oxygen atoms in total. The third kappa shape index (κ3) is 5.42. The smallest absolute Gasteiger partial charge is 0.298 e. The maximum absolute atomic E-state index is 9.03. The van der Waals surface area contributed by atoms with Crippen molar-refractivity contribution in [3.05, 3.63) is 0 Å². The van der Waals surface area contributed by atoms with Gasteiger partial charge in [0.25, 0.3) is 0 Å². The van der Waals surface area contributed by atoms with Crippen molar-refractivity contribution in [2.45, 2.75) is 39.8 Å². The molecule has 0 radical (unpaired) electrons. The standard InChI is InChI=1S/C9H23NO2PS/c1-8(2)10(9(3)4)6-7-14(5)13(11)12/h8-9,11-12H,6-7H2,1-5H3/q+1. The van der Waals surface area contributed by atoms with Crippen molar-refractivity contribution in [1.82, 2.24) is 4.90 Å². The van der Waals surface area contributed by atoms with Gasteiger partial charge < -0.3 is 0 Å². The summed E-state index contributed by atoms with van der Waals surface area (Å²) in [6.45, 7) is 9.65. The molecule has 0 rings (SSSR count). The first-order valence-corrected chi connectivity index (χ1v) is 8.58. The Hall–Kier alpha value is 0.530. The Kier molecular flexibility index (Phi) is 7.17. The Balaban J connectivity index is 4.15. The van der Waals surface area contributed by atoms with E-state index in [0.717, 1.165) is 12.3 Å². The molecule has 0 aliphatic heterocycles. The third-order valence-corrected chi connectivity index (χ3v) is 5.80. The van der Waals surface area contributed by atoms with Gasteiger partial charge in [-0.1, -0.05) is 0 Å². The van der Waals surface area contributed by atoms with E-state index >= 15 is 0 Å². The van der Waals surface area contributed by atoms with Crippen LogP contribution in [0.5, 0.6) is 0 Å². The van der Waals surface area contributed by atoms with Crippen molar-refractivity contribution in [2.24, 2.45) is 0 Å². The minimum Gasteiger partial charge on any atom is -0.298 e. The number of nitrogens with zero attached hydrogens (tertiary/aromatic N) is 1. The molecule has 0 aliphatic carbocycles. The van der Waals surface area contributed by atoms with Gasteiger partial charge in [0.05, 0.1) is 0 Å². The van der Waals surface area contributed by atoms with E-state index in [1.807, 2.05) is 6.26 Å². The van der Waals surface area contributed by atoms with E-state index in [2.05, 4.69) is 32.6 Å². The van der Waals surface area contributed by atoms with Crippen LogP contribution in [0.3, 0.4) is 0 Å². The summed E-state index contributed by atoms with van der Waals surface area (Å²) in [5.74, 6) is 0.884. The lowest BCUT2D eigenvalue weighted by Gasteiger charge is -2.29. The predicted molar refractivity (Wildman–Crippen MR) is 66.5 cm³/mol.